The minimum atomic E-state index is -0.709. The van der Waals surface area contributed by atoms with Crippen molar-refractivity contribution in [3.63, 3.8) is 0 Å². The summed E-state index contributed by atoms with van der Waals surface area (Å²) in [7, 11) is 0. The van der Waals surface area contributed by atoms with Crippen LogP contribution in [0, 0.1) is 20.4 Å². The molecule has 0 fully saturated rings. The summed E-state index contributed by atoms with van der Waals surface area (Å²) in [6.07, 6.45) is 4.78. The summed E-state index contributed by atoms with van der Waals surface area (Å²) in [5.41, 5.74) is 6.71. The summed E-state index contributed by atoms with van der Waals surface area (Å²) in [5.74, 6) is 0.373. The van der Waals surface area contributed by atoms with E-state index in [2.05, 4.69) is 40.4 Å². The lowest BCUT2D eigenvalue weighted by atomic mass is 9.93. The highest BCUT2D eigenvalue weighted by atomic mass is 16.1. The van der Waals surface area contributed by atoms with Crippen molar-refractivity contribution < 1.29 is 4.79 Å². The third-order valence-electron chi connectivity index (χ3n) is 6.56. The molecule has 0 spiro atoms. The third-order valence-corrected chi connectivity index (χ3v) is 6.56. The first kappa shape index (κ1) is 24.6. The number of benzene rings is 2. The highest BCUT2D eigenvalue weighted by Gasteiger charge is 2.26. The second-order valence-corrected chi connectivity index (χ2v) is 9.48. The Morgan fingerprint density at radius 2 is 1.87 bits per heavy atom. The fourth-order valence-corrected chi connectivity index (χ4v) is 4.26. The Morgan fingerprint density at radius 3 is 2.68 bits per heavy atom. The van der Waals surface area contributed by atoms with E-state index in [0.29, 0.717) is 28.4 Å². The van der Waals surface area contributed by atoms with Crippen LogP contribution in [0.25, 0.3) is 27.3 Å². The number of carbonyl (C=O) groups excluding carboxylic acids is 1. The van der Waals surface area contributed by atoms with Crippen molar-refractivity contribution >= 4 is 34.3 Å². The van der Waals surface area contributed by atoms with Gasteiger partial charge in [-0.25, -0.2) is 26.5 Å². The average Bonchev–Trinajstić information content (AvgIpc) is 3.42. The van der Waals surface area contributed by atoms with Crippen LogP contribution >= 0.6 is 0 Å². The molecule has 9 heteroatoms. The molecular formula is C29H26N8O. The fraction of sp³-hybridized carbons (Fsp3) is 0.172. The van der Waals surface area contributed by atoms with Gasteiger partial charge in [0.05, 0.1) is 6.33 Å². The number of aromatic amines is 1. The Labute approximate surface area is 220 Å². The predicted molar refractivity (Wildman–Crippen MR) is 148 cm³/mol. The molecule has 3 heterocycles. The van der Waals surface area contributed by atoms with E-state index in [9.17, 15) is 4.79 Å². The van der Waals surface area contributed by atoms with Crippen LogP contribution < -0.4 is 10.6 Å². The molecule has 1 amide bonds. The second kappa shape index (κ2) is 9.75. The number of nitrogens with one attached hydrogen (secondary N) is 3. The van der Waals surface area contributed by atoms with Crippen LogP contribution in [0.3, 0.4) is 0 Å². The minimum Gasteiger partial charge on any atom is -0.341 e. The van der Waals surface area contributed by atoms with Gasteiger partial charge in [0, 0.05) is 48.1 Å². The van der Waals surface area contributed by atoms with Crippen molar-refractivity contribution in [2.75, 3.05) is 10.6 Å². The Balaban J connectivity index is 1.47. The minimum absolute atomic E-state index is 0.244. The van der Waals surface area contributed by atoms with Crippen LogP contribution in [-0.4, -0.2) is 30.8 Å². The van der Waals surface area contributed by atoms with E-state index in [0.717, 1.165) is 33.5 Å². The van der Waals surface area contributed by atoms with Gasteiger partial charge < -0.3 is 20.5 Å². The smallest absolute Gasteiger partial charge is 0.255 e. The zero-order valence-corrected chi connectivity index (χ0v) is 21.5. The number of fused-ring (bicyclic) bond motifs is 1. The summed E-state index contributed by atoms with van der Waals surface area (Å²) in [6.45, 7) is 15.1. The number of imidazole rings is 1. The molecule has 3 aromatic heterocycles. The normalized spacial score (nSPS) is 11.2. The molecule has 38 heavy (non-hydrogen) atoms. The lowest BCUT2D eigenvalue weighted by Gasteiger charge is -2.18. The third kappa shape index (κ3) is 4.55. The van der Waals surface area contributed by atoms with Gasteiger partial charge in [0.2, 0.25) is 0 Å². The van der Waals surface area contributed by atoms with E-state index < -0.39 is 5.54 Å². The van der Waals surface area contributed by atoms with Gasteiger partial charge in [-0.1, -0.05) is 18.2 Å². The van der Waals surface area contributed by atoms with E-state index in [1.165, 1.54) is 6.33 Å². The van der Waals surface area contributed by atoms with Gasteiger partial charge in [0.15, 0.2) is 5.65 Å². The largest absolute Gasteiger partial charge is 0.341 e. The number of hydrogen-bond acceptors (Lipinski definition) is 6. The molecule has 3 N–H and O–H groups in total. The van der Waals surface area contributed by atoms with Gasteiger partial charge >= 0.3 is 0 Å². The van der Waals surface area contributed by atoms with Crippen LogP contribution in [-0.2, 0) is 5.54 Å². The van der Waals surface area contributed by atoms with Gasteiger partial charge in [-0.2, -0.15) is 0 Å². The van der Waals surface area contributed by atoms with Gasteiger partial charge in [0.25, 0.3) is 11.4 Å². The SMILES string of the molecule is [C-]#[N+]C(C)(C)c1cccc(C(=O)Nc2ccc(C)c(Nc3ncccc3-c3ncnc4nc[nH]c34)c2C)c1. The molecule has 2 aromatic carbocycles. The van der Waals surface area contributed by atoms with Crippen molar-refractivity contribution in [2.24, 2.45) is 0 Å². The summed E-state index contributed by atoms with van der Waals surface area (Å²) >= 11 is 0. The molecule has 5 rings (SSSR count). The second-order valence-electron chi connectivity index (χ2n) is 9.48. The summed E-state index contributed by atoms with van der Waals surface area (Å²) in [5, 5.41) is 6.50. The lowest BCUT2D eigenvalue weighted by Crippen LogP contribution is -2.16. The summed E-state index contributed by atoms with van der Waals surface area (Å²) in [6, 6.07) is 14.8. The van der Waals surface area contributed by atoms with Gasteiger partial charge in [-0.05, 0) is 55.3 Å². The summed E-state index contributed by atoms with van der Waals surface area (Å²) < 4.78 is 0. The quantitative estimate of drug-likeness (QED) is 0.239. The highest BCUT2D eigenvalue weighted by Crippen LogP contribution is 2.35. The number of aromatic nitrogens is 5. The van der Waals surface area contributed by atoms with Crippen molar-refractivity contribution in [3.8, 4) is 11.3 Å². The van der Waals surface area contributed by atoms with E-state index in [1.54, 1.807) is 30.7 Å². The van der Waals surface area contributed by atoms with Gasteiger partial charge in [-0.15, -0.1) is 0 Å². The molecule has 0 radical (unpaired) electrons. The topological polar surface area (TPSA) is 113 Å². The number of anilines is 3. The van der Waals surface area contributed by atoms with Crippen molar-refractivity contribution in [2.45, 2.75) is 33.2 Å². The number of nitrogens with zero attached hydrogens (tertiary/aromatic N) is 5. The van der Waals surface area contributed by atoms with Crippen LogP contribution in [0.2, 0.25) is 0 Å². The van der Waals surface area contributed by atoms with Gasteiger partial charge in [-0.3, -0.25) is 4.79 Å². The van der Waals surface area contributed by atoms with Crippen LogP contribution in [0.5, 0.6) is 0 Å². The van der Waals surface area contributed by atoms with E-state index in [4.69, 9.17) is 6.57 Å². The van der Waals surface area contributed by atoms with E-state index >= 15 is 0 Å². The number of amides is 1. The molecule has 0 atom stereocenters. The maximum Gasteiger partial charge on any atom is 0.255 e. The standard InChI is InChI=1S/C29H26N8O/c1-17-11-12-22(36-28(38)19-8-6-9-20(14-19)29(3,4)30-5)18(2)23(17)37-26-21(10-7-13-31-26)24-25-27(34-15-32-24)35-16-33-25/h6-16H,1-4H3,(H,31,37)(H,36,38)(H,32,33,34,35). The molecular weight excluding hydrogens is 476 g/mol. The van der Waals surface area contributed by atoms with Crippen LogP contribution in [0.4, 0.5) is 17.2 Å². The lowest BCUT2D eigenvalue weighted by molar-refractivity contribution is 0.102. The Kier molecular flexibility index (Phi) is 6.31. The van der Waals surface area contributed by atoms with Crippen molar-refractivity contribution in [1.29, 1.82) is 0 Å². The predicted octanol–water partition coefficient (Wildman–Crippen LogP) is 6.18. The molecule has 0 bridgehead atoms. The van der Waals surface area contributed by atoms with E-state index in [1.807, 2.05) is 58.0 Å². The molecule has 0 aliphatic heterocycles. The number of pyridine rings is 1. The molecule has 0 saturated carbocycles. The van der Waals surface area contributed by atoms with Crippen LogP contribution in [0.1, 0.15) is 40.9 Å². The average molecular weight is 503 g/mol. The zero-order valence-electron chi connectivity index (χ0n) is 21.5. The number of H-pyrrole nitrogens is 1. The molecule has 188 valence electrons. The molecule has 9 nitrogen and oxygen atoms in total. The Bertz CT molecular complexity index is 1710. The maximum absolute atomic E-state index is 13.2. The van der Waals surface area contributed by atoms with Crippen LogP contribution in [0.15, 0.2) is 67.4 Å². The number of rotatable bonds is 6. The molecule has 0 aliphatic rings. The number of hydrogen-bond donors (Lipinski definition) is 3. The van der Waals surface area contributed by atoms with E-state index in [-0.39, 0.29) is 5.91 Å². The molecule has 0 saturated heterocycles. The molecule has 5 aromatic rings. The summed E-state index contributed by atoms with van der Waals surface area (Å²) in [4.78, 5) is 37.5. The number of carbonyl (C=O) groups is 1. The molecule has 0 unspecified atom stereocenters. The first-order valence-electron chi connectivity index (χ1n) is 12.1. The monoisotopic (exact) mass is 502 g/mol. The molecule has 0 aliphatic carbocycles. The zero-order chi connectivity index (χ0) is 26.9. The van der Waals surface area contributed by atoms with Crippen molar-refractivity contribution in [3.05, 3.63) is 101 Å². The first-order valence-corrected chi connectivity index (χ1v) is 12.1. The first-order chi connectivity index (χ1) is 18.3. The maximum atomic E-state index is 13.2. The van der Waals surface area contributed by atoms with Gasteiger partial charge in [0.1, 0.15) is 23.4 Å². The highest BCUT2D eigenvalue weighted by molar-refractivity contribution is 6.05. The van der Waals surface area contributed by atoms with Crippen molar-refractivity contribution in [1.82, 2.24) is 24.9 Å². The Hall–Kier alpha value is -5.10. The Morgan fingerprint density at radius 1 is 1.03 bits per heavy atom. The number of aryl methyl sites for hydroxylation is 1. The fourth-order valence-electron chi connectivity index (χ4n) is 4.26.